The molecule has 0 aromatic rings. The second-order valence-electron chi connectivity index (χ2n) is 5.88. The van der Waals surface area contributed by atoms with Gasteiger partial charge in [0.25, 0.3) is 0 Å². The van der Waals surface area contributed by atoms with Crippen LogP contribution in [0, 0.1) is 11.8 Å². The van der Waals surface area contributed by atoms with E-state index in [1.165, 1.54) is 0 Å². The molecule has 23 heavy (non-hydrogen) atoms. The molecule has 2 atom stereocenters. The van der Waals surface area contributed by atoms with E-state index in [-0.39, 0.29) is 36.4 Å². The van der Waals surface area contributed by atoms with Crippen molar-refractivity contribution in [3.05, 3.63) is 0 Å². The molecule has 0 aliphatic carbocycles. The van der Waals surface area contributed by atoms with E-state index in [1.54, 1.807) is 0 Å². The van der Waals surface area contributed by atoms with Gasteiger partial charge in [0.15, 0.2) is 0 Å². The average molecular weight is 331 g/mol. The minimum atomic E-state index is -0.259. The summed E-state index contributed by atoms with van der Waals surface area (Å²) in [5.41, 5.74) is 0. The fourth-order valence-corrected chi connectivity index (χ4v) is 2.07. The van der Waals surface area contributed by atoms with Crippen LogP contribution < -0.4 is 5.32 Å². The van der Waals surface area contributed by atoms with Gasteiger partial charge in [0.05, 0.1) is 25.7 Å². The molecule has 0 rings (SSSR count). The zero-order chi connectivity index (χ0) is 17.7. The van der Waals surface area contributed by atoms with E-state index >= 15 is 0 Å². The van der Waals surface area contributed by atoms with Gasteiger partial charge in [-0.3, -0.25) is 9.59 Å². The highest BCUT2D eigenvalue weighted by atomic mass is 16.6. The fourth-order valence-electron chi connectivity index (χ4n) is 2.07. The highest BCUT2D eigenvalue weighted by molar-refractivity contribution is 5.80. The molecule has 0 radical (unpaired) electrons. The van der Waals surface area contributed by atoms with Gasteiger partial charge >= 0.3 is 5.97 Å². The Kier molecular flexibility index (Phi) is 12.7. The van der Waals surface area contributed by atoms with Crippen LogP contribution in [0.25, 0.3) is 0 Å². The quantitative estimate of drug-likeness (QED) is 0.413. The maximum absolute atomic E-state index is 12.1. The third kappa shape index (κ3) is 11.1. The van der Waals surface area contributed by atoms with Crippen LogP contribution in [0.15, 0.2) is 0 Å². The molecule has 0 saturated heterocycles. The van der Waals surface area contributed by atoms with E-state index in [1.807, 2.05) is 34.6 Å². The first-order chi connectivity index (χ1) is 10.9. The third-order valence-electron chi connectivity index (χ3n) is 3.39. The predicted octanol–water partition coefficient (Wildman–Crippen LogP) is 2.16. The Morgan fingerprint density at radius 3 is 2.13 bits per heavy atom. The van der Waals surface area contributed by atoms with Crippen molar-refractivity contribution in [3.63, 3.8) is 0 Å². The summed E-state index contributed by atoms with van der Waals surface area (Å²) in [6, 6.07) is 0.103. The zero-order valence-corrected chi connectivity index (χ0v) is 15.2. The lowest BCUT2D eigenvalue weighted by Gasteiger charge is -2.19. The molecule has 0 aromatic carbocycles. The number of carbonyl (C=O) groups is 2. The monoisotopic (exact) mass is 331 g/mol. The Balaban J connectivity index is 4.00. The van der Waals surface area contributed by atoms with Crippen molar-refractivity contribution >= 4 is 11.9 Å². The Morgan fingerprint density at radius 1 is 0.957 bits per heavy atom. The van der Waals surface area contributed by atoms with Crippen LogP contribution in [0.1, 0.15) is 47.5 Å². The smallest absolute Gasteiger partial charge is 0.309 e. The molecule has 0 heterocycles. The first-order valence-electron chi connectivity index (χ1n) is 8.54. The van der Waals surface area contributed by atoms with E-state index in [0.29, 0.717) is 39.3 Å². The number of nitrogens with one attached hydrogen (secondary N) is 1. The van der Waals surface area contributed by atoms with Crippen molar-refractivity contribution in [1.82, 2.24) is 5.32 Å². The molecular formula is C17H33NO5. The zero-order valence-electron chi connectivity index (χ0n) is 15.2. The van der Waals surface area contributed by atoms with Crippen LogP contribution in [0.3, 0.4) is 0 Å². The number of hydrogen-bond acceptors (Lipinski definition) is 5. The molecule has 6 nitrogen and oxygen atoms in total. The van der Waals surface area contributed by atoms with Gasteiger partial charge < -0.3 is 19.5 Å². The van der Waals surface area contributed by atoms with Gasteiger partial charge in [0.1, 0.15) is 6.61 Å². The van der Waals surface area contributed by atoms with Gasteiger partial charge in [-0.25, -0.2) is 0 Å². The maximum Gasteiger partial charge on any atom is 0.309 e. The summed E-state index contributed by atoms with van der Waals surface area (Å²) in [6.07, 6.45) is 1.16. The van der Waals surface area contributed by atoms with Crippen molar-refractivity contribution in [2.24, 2.45) is 11.8 Å². The van der Waals surface area contributed by atoms with Crippen LogP contribution in [0.4, 0.5) is 0 Å². The molecule has 0 aliphatic rings. The predicted molar refractivity (Wildman–Crippen MR) is 89.1 cm³/mol. The summed E-state index contributed by atoms with van der Waals surface area (Å²) in [6.45, 7) is 11.8. The van der Waals surface area contributed by atoms with Crippen LogP contribution in [-0.2, 0) is 23.8 Å². The highest BCUT2D eigenvalue weighted by Gasteiger charge is 2.24. The molecule has 0 spiro atoms. The van der Waals surface area contributed by atoms with Gasteiger partial charge in [-0.05, 0) is 33.6 Å². The number of esters is 1. The summed E-state index contributed by atoms with van der Waals surface area (Å²) in [7, 11) is 0. The Labute approximate surface area is 140 Å². The average Bonchev–Trinajstić information content (AvgIpc) is 2.50. The van der Waals surface area contributed by atoms with Crippen molar-refractivity contribution in [2.75, 3.05) is 33.0 Å². The summed E-state index contributed by atoms with van der Waals surface area (Å²) >= 11 is 0. The summed E-state index contributed by atoms with van der Waals surface area (Å²) in [5.74, 6) is -0.751. The molecule has 0 fully saturated rings. The third-order valence-corrected chi connectivity index (χ3v) is 3.39. The highest BCUT2D eigenvalue weighted by Crippen LogP contribution is 2.17. The van der Waals surface area contributed by atoms with Gasteiger partial charge in [-0.1, -0.05) is 13.8 Å². The Hall–Kier alpha value is -1.14. The van der Waals surface area contributed by atoms with E-state index in [4.69, 9.17) is 14.2 Å². The Bertz CT molecular complexity index is 333. The minimum Gasteiger partial charge on any atom is -0.463 e. The second-order valence-corrected chi connectivity index (χ2v) is 5.88. The lowest BCUT2D eigenvalue weighted by molar-refractivity contribution is -0.151. The lowest BCUT2D eigenvalue weighted by Crippen LogP contribution is -2.36. The largest absolute Gasteiger partial charge is 0.463 e. The van der Waals surface area contributed by atoms with Gasteiger partial charge in [-0.2, -0.15) is 0 Å². The van der Waals surface area contributed by atoms with Gasteiger partial charge in [-0.15, -0.1) is 0 Å². The molecule has 1 N–H and O–H groups in total. The summed E-state index contributed by atoms with van der Waals surface area (Å²) in [5, 5.41) is 2.86. The first kappa shape index (κ1) is 21.9. The van der Waals surface area contributed by atoms with Crippen molar-refractivity contribution in [2.45, 2.75) is 53.5 Å². The van der Waals surface area contributed by atoms with Crippen molar-refractivity contribution in [3.8, 4) is 0 Å². The summed E-state index contributed by atoms with van der Waals surface area (Å²) in [4.78, 5) is 24.0. The number of hydrogen-bond donors (Lipinski definition) is 1. The number of carbonyl (C=O) groups excluding carboxylic acids is 2. The lowest BCUT2D eigenvalue weighted by atomic mass is 9.93. The fraction of sp³-hybridized carbons (Fsp3) is 0.882. The van der Waals surface area contributed by atoms with Gasteiger partial charge in [0, 0.05) is 18.6 Å². The Morgan fingerprint density at radius 2 is 1.57 bits per heavy atom. The standard InChI is InChI=1S/C17H33NO5/c1-6-15(12-14(5)16(19)18-13(3)4)17(20)23-11-10-22-9-8-21-7-2/h13-15H,6-12H2,1-5H3,(H,18,19). The molecule has 0 aliphatic heterocycles. The van der Waals surface area contributed by atoms with Crippen LogP contribution in [0.2, 0.25) is 0 Å². The van der Waals surface area contributed by atoms with Crippen LogP contribution in [0.5, 0.6) is 0 Å². The molecular weight excluding hydrogens is 298 g/mol. The van der Waals surface area contributed by atoms with Gasteiger partial charge in [0.2, 0.25) is 5.91 Å². The number of ether oxygens (including phenoxy) is 3. The topological polar surface area (TPSA) is 73.9 Å². The van der Waals surface area contributed by atoms with E-state index in [0.717, 1.165) is 0 Å². The van der Waals surface area contributed by atoms with Crippen molar-refractivity contribution < 1.29 is 23.8 Å². The molecule has 0 saturated carbocycles. The summed E-state index contributed by atoms with van der Waals surface area (Å²) < 4.78 is 15.7. The SMILES string of the molecule is CCOCCOCCOC(=O)C(CC)CC(C)C(=O)NC(C)C. The molecule has 0 bridgehead atoms. The minimum absolute atomic E-state index is 0.0227. The molecule has 2 unspecified atom stereocenters. The maximum atomic E-state index is 12.1. The second kappa shape index (κ2) is 13.3. The van der Waals surface area contributed by atoms with Crippen LogP contribution in [-0.4, -0.2) is 51.0 Å². The number of amides is 1. The van der Waals surface area contributed by atoms with Crippen LogP contribution >= 0.6 is 0 Å². The molecule has 6 heteroatoms. The normalized spacial score (nSPS) is 13.7. The van der Waals surface area contributed by atoms with E-state index < -0.39 is 0 Å². The van der Waals surface area contributed by atoms with Crippen molar-refractivity contribution in [1.29, 1.82) is 0 Å². The molecule has 136 valence electrons. The number of rotatable bonds is 13. The van der Waals surface area contributed by atoms with E-state index in [9.17, 15) is 9.59 Å². The molecule has 0 aromatic heterocycles. The van der Waals surface area contributed by atoms with E-state index in [2.05, 4.69) is 5.32 Å². The first-order valence-corrected chi connectivity index (χ1v) is 8.54. The molecule has 1 amide bonds.